The molecule has 6 nitrogen and oxygen atoms in total. The zero-order chi connectivity index (χ0) is 14.8. The van der Waals surface area contributed by atoms with Crippen LogP contribution in [0.2, 0.25) is 0 Å². The molecule has 0 aliphatic carbocycles. The van der Waals surface area contributed by atoms with E-state index in [0.717, 1.165) is 12.0 Å². The maximum absolute atomic E-state index is 12.4. The highest BCUT2D eigenvalue weighted by atomic mass is 35.5. The number of carbonyl (C=O) groups excluding carboxylic acids is 1. The van der Waals surface area contributed by atoms with Crippen LogP contribution in [0.25, 0.3) is 0 Å². The summed E-state index contributed by atoms with van der Waals surface area (Å²) >= 11 is 5.87. The van der Waals surface area contributed by atoms with Crippen LogP contribution >= 0.6 is 11.6 Å². The number of carbonyl (C=O) groups is 1. The van der Waals surface area contributed by atoms with Crippen molar-refractivity contribution < 1.29 is 14.8 Å². The lowest BCUT2D eigenvalue weighted by atomic mass is 10.0. The number of urea groups is 1. The summed E-state index contributed by atoms with van der Waals surface area (Å²) in [6.07, 6.45) is 1.44. The summed E-state index contributed by atoms with van der Waals surface area (Å²) in [7, 11) is 0. The molecule has 3 rings (SSSR count). The molecule has 2 aliphatic rings. The van der Waals surface area contributed by atoms with Gasteiger partial charge < -0.3 is 10.1 Å². The zero-order valence-corrected chi connectivity index (χ0v) is 12.1. The van der Waals surface area contributed by atoms with Gasteiger partial charge in [-0.2, -0.15) is 5.06 Å². The molecular formula is C14H16ClN3O3. The van der Waals surface area contributed by atoms with Crippen molar-refractivity contribution in [2.75, 3.05) is 6.54 Å². The monoisotopic (exact) mass is 309 g/mol. The lowest BCUT2D eigenvalue weighted by Gasteiger charge is -2.28. The number of rotatable bonds is 4. The van der Waals surface area contributed by atoms with E-state index in [1.807, 2.05) is 30.3 Å². The Morgan fingerprint density at radius 3 is 2.86 bits per heavy atom. The molecule has 0 unspecified atom stereocenters. The molecular weight excluding hydrogens is 294 g/mol. The third kappa shape index (κ3) is 2.69. The van der Waals surface area contributed by atoms with Crippen molar-refractivity contribution in [1.29, 1.82) is 0 Å². The van der Waals surface area contributed by atoms with Crippen LogP contribution in [0, 0.1) is 0 Å². The number of nitrogens with zero attached hydrogens (tertiary/aromatic N) is 3. The van der Waals surface area contributed by atoms with E-state index in [-0.39, 0.29) is 23.3 Å². The predicted octanol–water partition coefficient (Wildman–Crippen LogP) is 2.41. The second-order valence-electron chi connectivity index (χ2n) is 5.19. The molecule has 0 aromatic heterocycles. The first-order valence-electron chi connectivity index (χ1n) is 6.85. The van der Waals surface area contributed by atoms with E-state index in [4.69, 9.17) is 21.6 Å². The van der Waals surface area contributed by atoms with E-state index in [2.05, 4.69) is 5.16 Å². The molecule has 21 heavy (non-hydrogen) atoms. The van der Waals surface area contributed by atoms with Gasteiger partial charge in [0.05, 0.1) is 12.1 Å². The fourth-order valence-electron chi connectivity index (χ4n) is 2.83. The number of amides is 2. The molecule has 2 atom stereocenters. The molecule has 7 heteroatoms. The van der Waals surface area contributed by atoms with Gasteiger partial charge in [0, 0.05) is 6.54 Å². The second kappa shape index (κ2) is 5.91. The average molecular weight is 310 g/mol. The van der Waals surface area contributed by atoms with Crippen LogP contribution in [-0.2, 0) is 11.4 Å². The Bertz CT molecular complexity index is 552. The Balaban J connectivity index is 1.67. The van der Waals surface area contributed by atoms with Crippen molar-refractivity contribution >= 4 is 22.8 Å². The maximum Gasteiger partial charge on any atom is 0.344 e. The Kier molecular flexibility index (Phi) is 3.98. The number of benzene rings is 1. The van der Waals surface area contributed by atoms with Crippen LogP contribution in [0.4, 0.5) is 4.79 Å². The normalized spacial score (nSPS) is 25.6. The smallest absolute Gasteiger partial charge is 0.344 e. The SMILES string of the molecule is O=C1N2C[C@@H](CC[C@H]2/C(Cl)=N\O)N1OCc1ccccc1. The number of oxime groups is 1. The summed E-state index contributed by atoms with van der Waals surface area (Å²) in [6.45, 7) is 0.896. The molecule has 2 heterocycles. The van der Waals surface area contributed by atoms with E-state index < -0.39 is 0 Å². The lowest BCUT2D eigenvalue weighted by molar-refractivity contribution is -0.140. The van der Waals surface area contributed by atoms with Gasteiger partial charge in [0.25, 0.3) is 0 Å². The third-order valence-corrected chi connectivity index (χ3v) is 4.23. The van der Waals surface area contributed by atoms with Gasteiger partial charge in [0.15, 0.2) is 5.17 Å². The molecule has 1 N–H and O–H groups in total. The summed E-state index contributed by atoms with van der Waals surface area (Å²) in [5.74, 6) is 0. The second-order valence-corrected chi connectivity index (χ2v) is 5.58. The molecule has 2 amide bonds. The standard InChI is InChI=1S/C14H16ClN3O3/c15-13(16-20)12-7-6-11-8-17(12)14(19)18(11)21-9-10-4-2-1-3-5-10/h1-5,11-12,20H,6-9H2/b16-13+/t11-,12+/m1/s1. The number of hydrogen-bond donors (Lipinski definition) is 1. The zero-order valence-electron chi connectivity index (χ0n) is 11.4. The van der Waals surface area contributed by atoms with Crippen molar-refractivity contribution in [1.82, 2.24) is 9.96 Å². The minimum absolute atomic E-state index is 0.0284. The van der Waals surface area contributed by atoms with Gasteiger partial charge in [-0.3, -0.25) is 4.84 Å². The Hall–Kier alpha value is -1.79. The molecule has 2 fully saturated rings. The molecule has 1 aromatic rings. The Labute approximate surface area is 127 Å². The van der Waals surface area contributed by atoms with Crippen LogP contribution in [0.3, 0.4) is 0 Å². The average Bonchev–Trinajstić information content (AvgIpc) is 2.77. The van der Waals surface area contributed by atoms with Gasteiger partial charge in [0.2, 0.25) is 0 Å². The van der Waals surface area contributed by atoms with Crippen LogP contribution < -0.4 is 0 Å². The van der Waals surface area contributed by atoms with Crippen molar-refractivity contribution in [3.8, 4) is 0 Å². The van der Waals surface area contributed by atoms with Crippen molar-refractivity contribution in [3.63, 3.8) is 0 Å². The van der Waals surface area contributed by atoms with E-state index in [1.165, 1.54) is 5.06 Å². The minimum atomic E-state index is -0.356. The van der Waals surface area contributed by atoms with Crippen molar-refractivity contribution in [2.24, 2.45) is 5.16 Å². The number of hydroxylamine groups is 2. The van der Waals surface area contributed by atoms with E-state index in [1.54, 1.807) is 4.90 Å². The molecule has 0 spiro atoms. The highest BCUT2D eigenvalue weighted by Gasteiger charge is 2.47. The molecule has 2 aliphatic heterocycles. The van der Waals surface area contributed by atoms with Crippen molar-refractivity contribution in [2.45, 2.75) is 31.5 Å². The molecule has 2 saturated heterocycles. The van der Waals surface area contributed by atoms with Crippen molar-refractivity contribution in [3.05, 3.63) is 35.9 Å². The predicted molar refractivity (Wildman–Crippen MR) is 77.1 cm³/mol. The molecule has 2 bridgehead atoms. The molecule has 1 aromatic carbocycles. The van der Waals surface area contributed by atoms with Gasteiger partial charge in [-0.15, -0.1) is 0 Å². The summed E-state index contributed by atoms with van der Waals surface area (Å²) < 4.78 is 0. The van der Waals surface area contributed by atoms with Gasteiger partial charge in [-0.25, -0.2) is 4.79 Å². The maximum atomic E-state index is 12.4. The fourth-order valence-corrected chi connectivity index (χ4v) is 3.06. The topological polar surface area (TPSA) is 65.4 Å². The van der Waals surface area contributed by atoms with Gasteiger partial charge in [-0.1, -0.05) is 47.1 Å². The van der Waals surface area contributed by atoms with Gasteiger partial charge in [-0.05, 0) is 18.4 Å². The minimum Gasteiger partial charge on any atom is -0.410 e. The van der Waals surface area contributed by atoms with E-state index >= 15 is 0 Å². The van der Waals surface area contributed by atoms with Gasteiger partial charge >= 0.3 is 6.03 Å². The summed E-state index contributed by atoms with van der Waals surface area (Å²) in [5.41, 5.74) is 1.01. The first kappa shape index (κ1) is 14.2. The number of piperidine rings is 1. The molecule has 112 valence electrons. The third-order valence-electron chi connectivity index (χ3n) is 3.91. The van der Waals surface area contributed by atoms with Gasteiger partial charge in [0.1, 0.15) is 6.61 Å². The largest absolute Gasteiger partial charge is 0.410 e. The fraction of sp³-hybridized carbons (Fsp3) is 0.429. The van der Waals surface area contributed by atoms with E-state index in [9.17, 15) is 4.79 Å². The summed E-state index contributed by atoms with van der Waals surface area (Å²) in [4.78, 5) is 19.6. The summed E-state index contributed by atoms with van der Waals surface area (Å²) in [6, 6.07) is 9.14. The lowest BCUT2D eigenvalue weighted by Crippen LogP contribution is -2.43. The number of hydrogen-bond acceptors (Lipinski definition) is 4. The van der Waals surface area contributed by atoms with E-state index in [0.29, 0.717) is 19.6 Å². The molecule has 0 saturated carbocycles. The number of halogens is 1. The van der Waals surface area contributed by atoms with Crippen LogP contribution in [0.5, 0.6) is 0 Å². The number of fused-ring (bicyclic) bond motifs is 2. The molecule has 0 radical (unpaired) electrons. The highest BCUT2D eigenvalue weighted by Crippen LogP contribution is 2.31. The Morgan fingerprint density at radius 1 is 1.38 bits per heavy atom. The highest BCUT2D eigenvalue weighted by molar-refractivity contribution is 6.66. The van der Waals surface area contributed by atoms with Crippen LogP contribution in [0.15, 0.2) is 35.5 Å². The quantitative estimate of drug-likeness (QED) is 0.528. The van der Waals surface area contributed by atoms with Crippen LogP contribution in [-0.4, -0.2) is 45.0 Å². The first-order chi connectivity index (χ1) is 10.2. The Morgan fingerprint density at radius 2 is 2.14 bits per heavy atom. The first-order valence-corrected chi connectivity index (χ1v) is 7.22. The van der Waals surface area contributed by atoms with Crippen LogP contribution in [0.1, 0.15) is 18.4 Å². The summed E-state index contributed by atoms with van der Waals surface area (Å²) in [5, 5.41) is 13.3.